The largest absolute Gasteiger partial charge is 0.482 e. The quantitative estimate of drug-likeness (QED) is 0.416. The van der Waals surface area contributed by atoms with Crippen molar-refractivity contribution in [1.82, 2.24) is 4.57 Å². The second-order valence-corrected chi connectivity index (χ2v) is 7.75. The number of Topliss-reactive ketones (excluding diaryl/α,β-unsaturated/α-hetero) is 1. The predicted molar refractivity (Wildman–Crippen MR) is 114 cm³/mol. The number of carbonyl (C=O) groups is 2. The summed E-state index contributed by atoms with van der Waals surface area (Å²) >= 11 is 0. The fraction of sp³-hybridized carbons (Fsp3) is 0.280. The maximum atomic E-state index is 13.2. The van der Waals surface area contributed by atoms with Crippen LogP contribution in [0, 0.1) is 19.7 Å². The number of ketones is 1. The lowest BCUT2D eigenvalue weighted by Gasteiger charge is -2.10. The molecular weight excluding hydrogens is 397 g/mol. The van der Waals surface area contributed by atoms with Crippen molar-refractivity contribution in [2.24, 2.45) is 0 Å². The van der Waals surface area contributed by atoms with Crippen LogP contribution in [-0.2, 0) is 22.4 Å². The van der Waals surface area contributed by atoms with E-state index in [1.54, 1.807) is 18.2 Å². The van der Waals surface area contributed by atoms with E-state index in [1.807, 2.05) is 36.6 Å². The average Bonchev–Trinajstić information content (AvgIpc) is 3.34. The van der Waals surface area contributed by atoms with Gasteiger partial charge in [-0.15, -0.1) is 0 Å². The van der Waals surface area contributed by atoms with Crippen molar-refractivity contribution in [3.05, 3.63) is 82.4 Å². The molecule has 160 valence electrons. The van der Waals surface area contributed by atoms with E-state index < -0.39 is 5.97 Å². The van der Waals surface area contributed by atoms with Crippen molar-refractivity contribution < 1.29 is 23.5 Å². The summed E-state index contributed by atoms with van der Waals surface area (Å²) in [5.74, 6) is -0.586. The number of benzene rings is 2. The van der Waals surface area contributed by atoms with Gasteiger partial charge in [0.1, 0.15) is 11.6 Å². The minimum absolute atomic E-state index is 0.249. The van der Waals surface area contributed by atoms with Crippen LogP contribution in [0.4, 0.5) is 4.39 Å². The zero-order chi connectivity index (χ0) is 22.0. The van der Waals surface area contributed by atoms with Crippen molar-refractivity contribution in [2.45, 2.75) is 33.1 Å². The van der Waals surface area contributed by atoms with E-state index in [0.29, 0.717) is 17.0 Å². The molecule has 4 rings (SSSR count). The molecule has 6 heteroatoms. The summed E-state index contributed by atoms with van der Waals surface area (Å²) < 4.78 is 25.7. The maximum absolute atomic E-state index is 13.2. The van der Waals surface area contributed by atoms with Crippen LogP contribution in [0.3, 0.4) is 0 Å². The molecule has 0 bridgehead atoms. The molecular formula is C25H24FNO4. The van der Waals surface area contributed by atoms with Crippen molar-refractivity contribution in [3.63, 3.8) is 0 Å². The molecule has 1 aliphatic carbocycles. The van der Waals surface area contributed by atoms with E-state index in [1.165, 1.54) is 23.3 Å². The summed E-state index contributed by atoms with van der Waals surface area (Å²) in [6.45, 7) is 3.06. The highest BCUT2D eigenvalue weighted by atomic mass is 19.1. The molecule has 1 heterocycles. The van der Waals surface area contributed by atoms with Crippen LogP contribution < -0.4 is 4.74 Å². The van der Waals surface area contributed by atoms with Gasteiger partial charge in [-0.25, -0.2) is 9.18 Å². The van der Waals surface area contributed by atoms with Crippen LogP contribution in [0.1, 0.15) is 39.3 Å². The third-order valence-electron chi connectivity index (χ3n) is 5.61. The molecule has 0 unspecified atom stereocenters. The van der Waals surface area contributed by atoms with Crippen molar-refractivity contribution in [3.8, 4) is 11.4 Å². The van der Waals surface area contributed by atoms with E-state index in [2.05, 4.69) is 0 Å². The summed E-state index contributed by atoms with van der Waals surface area (Å²) in [4.78, 5) is 24.7. The summed E-state index contributed by atoms with van der Waals surface area (Å²) in [6.07, 6.45) is 3.26. The van der Waals surface area contributed by atoms with Gasteiger partial charge in [0.25, 0.3) is 0 Å². The molecule has 0 aliphatic heterocycles. The Morgan fingerprint density at radius 2 is 1.71 bits per heavy atom. The standard InChI is InChI=1S/C25H24FNO4/c1-16-12-23(17(2)27(16)21-9-7-20(26)8-10-21)24(28)14-31-25(29)15-30-22-11-6-18-4-3-5-19(18)13-22/h6-13H,3-5,14-15H2,1-2H3. The summed E-state index contributed by atoms with van der Waals surface area (Å²) in [5, 5.41) is 0. The van der Waals surface area contributed by atoms with Gasteiger partial charge in [0.2, 0.25) is 5.78 Å². The van der Waals surface area contributed by atoms with Gasteiger partial charge in [-0.1, -0.05) is 6.07 Å². The van der Waals surface area contributed by atoms with E-state index in [9.17, 15) is 14.0 Å². The number of ether oxygens (including phenoxy) is 2. The van der Waals surface area contributed by atoms with Crippen LogP contribution >= 0.6 is 0 Å². The van der Waals surface area contributed by atoms with Gasteiger partial charge < -0.3 is 14.0 Å². The Balaban J connectivity index is 1.35. The Kier molecular flexibility index (Phi) is 5.89. The predicted octanol–water partition coefficient (Wildman–Crippen LogP) is 4.53. The maximum Gasteiger partial charge on any atom is 0.344 e. The second-order valence-electron chi connectivity index (χ2n) is 7.75. The molecule has 1 aliphatic rings. The second kappa shape index (κ2) is 8.76. The fourth-order valence-electron chi connectivity index (χ4n) is 4.08. The number of halogens is 1. The Bertz CT molecular complexity index is 1130. The number of hydrogen-bond acceptors (Lipinski definition) is 4. The summed E-state index contributed by atoms with van der Waals surface area (Å²) in [5.41, 5.74) is 5.36. The highest BCUT2D eigenvalue weighted by Gasteiger charge is 2.19. The average molecular weight is 421 g/mol. The number of esters is 1. The molecule has 0 fully saturated rings. The first kappa shape index (κ1) is 20.8. The van der Waals surface area contributed by atoms with Crippen LogP contribution in [0.25, 0.3) is 5.69 Å². The molecule has 0 amide bonds. The lowest BCUT2D eigenvalue weighted by molar-refractivity contribution is -0.144. The van der Waals surface area contributed by atoms with E-state index in [0.717, 1.165) is 30.6 Å². The van der Waals surface area contributed by atoms with E-state index >= 15 is 0 Å². The topological polar surface area (TPSA) is 57.5 Å². The Hall–Kier alpha value is -3.41. The molecule has 1 aromatic heterocycles. The van der Waals surface area contributed by atoms with Crippen molar-refractivity contribution >= 4 is 11.8 Å². The van der Waals surface area contributed by atoms with Crippen LogP contribution in [0.5, 0.6) is 5.75 Å². The number of rotatable bonds is 7. The number of carbonyl (C=O) groups excluding carboxylic acids is 2. The highest BCUT2D eigenvalue weighted by molar-refractivity contribution is 5.99. The molecule has 0 spiro atoms. The van der Waals surface area contributed by atoms with Crippen molar-refractivity contribution in [1.29, 1.82) is 0 Å². The molecule has 5 nitrogen and oxygen atoms in total. The minimum Gasteiger partial charge on any atom is -0.482 e. The lowest BCUT2D eigenvalue weighted by atomic mass is 10.1. The number of hydrogen-bond donors (Lipinski definition) is 0. The van der Waals surface area contributed by atoms with Gasteiger partial charge in [-0.2, -0.15) is 0 Å². The first-order valence-corrected chi connectivity index (χ1v) is 10.3. The van der Waals surface area contributed by atoms with Gasteiger partial charge in [0.05, 0.1) is 0 Å². The molecule has 31 heavy (non-hydrogen) atoms. The zero-order valence-electron chi connectivity index (χ0n) is 17.6. The molecule has 0 N–H and O–H groups in total. The first-order valence-electron chi connectivity index (χ1n) is 10.3. The van der Waals surface area contributed by atoms with Gasteiger partial charge in [-0.05, 0) is 86.7 Å². The van der Waals surface area contributed by atoms with Crippen LogP contribution in [0.15, 0.2) is 48.5 Å². The summed E-state index contributed by atoms with van der Waals surface area (Å²) in [6, 6.07) is 13.6. The smallest absolute Gasteiger partial charge is 0.344 e. The van der Waals surface area contributed by atoms with Gasteiger partial charge >= 0.3 is 5.97 Å². The number of aromatic nitrogens is 1. The Morgan fingerprint density at radius 1 is 0.968 bits per heavy atom. The van der Waals surface area contributed by atoms with Crippen molar-refractivity contribution in [2.75, 3.05) is 13.2 Å². The molecule has 0 saturated carbocycles. The normalized spacial score (nSPS) is 12.5. The monoisotopic (exact) mass is 421 g/mol. The van der Waals surface area contributed by atoms with Gasteiger partial charge in [-0.3, -0.25) is 4.79 Å². The number of aryl methyl sites for hydroxylation is 3. The molecule has 3 aromatic rings. The van der Waals surface area contributed by atoms with E-state index in [4.69, 9.17) is 9.47 Å². The molecule has 0 saturated heterocycles. The number of fused-ring (bicyclic) bond motifs is 1. The third-order valence-corrected chi connectivity index (χ3v) is 5.61. The number of nitrogens with zero attached hydrogens (tertiary/aromatic N) is 1. The molecule has 0 atom stereocenters. The van der Waals surface area contributed by atoms with E-state index in [-0.39, 0.29) is 24.8 Å². The Labute approximate surface area is 180 Å². The Morgan fingerprint density at radius 3 is 2.48 bits per heavy atom. The minimum atomic E-state index is -0.596. The van der Waals surface area contributed by atoms with Gasteiger partial charge in [0, 0.05) is 22.6 Å². The lowest BCUT2D eigenvalue weighted by Crippen LogP contribution is -2.20. The fourth-order valence-corrected chi connectivity index (χ4v) is 4.08. The summed E-state index contributed by atoms with van der Waals surface area (Å²) in [7, 11) is 0. The van der Waals surface area contributed by atoms with Crippen LogP contribution in [0.2, 0.25) is 0 Å². The zero-order valence-corrected chi connectivity index (χ0v) is 17.6. The SMILES string of the molecule is Cc1cc(C(=O)COC(=O)COc2ccc3c(c2)CCC3)c(C)n1-c1ccc(F)cc1. The first-order chi connectivity index (χ1) is 14.9. The highest BCUT2D eigenvalue weighted by Crippen LogP contribution is 2.26. The molecule has 0 radical (unpaired) electrons. The molecule has 2 aromatic carbocycles. The van der Waals surface area contributed by atoms with Crippen LogP contribution in [-0.4, -0.2) is 29.5 Å². The third kappa shape index (κ3) is 4.53. The van der Waals surface area contributed by atoms with Gasteiger partial charge in [0.15, 0.2) is 13.2 Å².